The lowest BCUT2D eigenvalue weighted by Gasteiger charge is -2.32. The number of piperidine rings is 1. The number of hydrogen-bond donors (Lipinski definition) is 0. The van der Waals surface area contributed by atoms with Crippen molar-refractivity contribution in [1.29, 1.82) is 0 Å². The van der Waals surface area contributed by atoms with Crippen molar-refractivity contribution in [2.75, 3.05) is 18.0 Å². The van der Waals surface area contributed by atoms with Gasteiger partial charge in [0.05, 0.1) is 12.2 Å². The fourth-order valence-electron chi connectivity index (χ4n) is 4.92. The van der Waals surface area contributed by atoms with Gasteiger partial charge in [-0.2, -0.15) is 26.3 Å². The van der Waals surface area contributed by atoms with Crippen LogP contribution in [0, 0.1) is 0 Å². The van der Waals surface area contributed by atoms with Gasteiger partial charge in [-0.05, 0) is 55.7 Å². The van der Waals surface area contributed by atoms with Crippen LogP contribution in [0.2, 0.25) is 5.02 Å². The highest BCUT2D eigenvalue weighted by molar-refractivity contribution is 6.30. The van der Waals surface area contributed by atoms with E-state index in [0.29, 0.717) is 53.9 Å². The molecule has 2 aliphatic rings. The van der Waals surface area contributed by atoms with Crippen LogP contribution >= 0.6 is 11.6 Å². The first-order valence-corrected chi connectivity index (χ1v) is 12.1. The van der Waals surface area contributed by atoms with Crippen LogP contribution in [-0.4, -0.2) is 50.0 Å². The van der Waals surface area contributed by atoms with E-state index in [-0.39, 0.29) is 24.8 Å². The third kappa shape index (κ3) is 5.13. The number of fused-ring (bicyclic) bond motifs is 3. The second kappa shape index (κ2) is 9.46. The van der Waals surface area contributed by atoms with E-state index < -0.39 is 24.1 Å². The van der Waals surface area contributed by atoms with Crippen molar-refractivity contribution in [3.8, 4) is 5.69 Å². The van der Waals surface area contributed by atoms with Crippen molar-refractivity contribution >= 4 is 17.4 Å². The van der Waals surface area contributed by atoms with Gasteiger partial charge in [-0.1, -0.05) is 17.7 Å². The molecule has 0 amide bonds. The second-order valence-corrected chi connectivity index (χ2v) is 9.78. The van der Waals surface area contributed by atoms with Crippen molar-refractivity contribution in [3.05, 3.63) is 64.3 Å². The third-order valence-electron chi connectivity index (χ3n) is 6.99. The van der Waals surface area contributed by atoms with Crippen LogP contribution in [0.15, 0.2) is 36.4 Å². The highest BCUT2D eigenvalue weighted by Crippen LogP contribution is 2.37. The summed E-state index contributed by atoms with van der Waals surface area (Å²) in [5.41, 5.74) is 0.370. The molecule has 3 aromatic rings. The summed E-state index contributed by atoms with van der Waals surface area (Å²) in [6.45, 7) is 2.01. The Hall–Kier alpha value is -2.86. The number of halogens is 7. The largest absolute Gasteiger partial charge is 0.433 e. The minimum absolute atomic E-state index is 0.0407. The van der Waals surface area contributed by atoms with Gasteiger partial charge in [0.1, 0.15) is 23.4 Å². The molecule has 4 heterocycles. The summed E-state index contributed by atoms with van der Waals surface area (Å²) in [6, 6.07) is 7.23. The number of aromatic nitrogens is 4. The van der Waals surface area contributed by atoms with Gasteiger partial charge in [-0.25, -0.2) is 4.98 Å². The topological polar surface area (TPSA) is 50.1 Å². The number of pyridine rings is 1. The minimum Gasteiger partial charge on any atom is -0.357 e. The predicted molar refractivity (Wildman–Crippen MR) is 125 cm³/mol. The lowest BCUT2D eigenvalue weighted by atomic mass is 9.95. The fourth-order valence-corrected chi connectivity index (χ4v) is 5.11. The maximum Gasteiger partial charge on any atom is 0.433 e. The lowest BCUT2D eigenvalue weighted by molar-refractivity contribution is -0.182. The number of alkyl halides is 6. The van der Waals surface area contributed by atoms with E-state index >= 15 is 0 Å². The number of rotatable bonds is 3. The van der Waals surface area contributed by atoms with E-state index in [1.165, 1.54) is 11.0 Å². The highest BCUT2D eigenvalue weighted by atomic mass is 35.5. The lowest BCUT2D eigenvalue weighted by Crippen LogP contribution is -2.42. The van der Waals surface area contributed by atoms with E-state index in [1.54, 1.807) is 29.2 Å². The Kier molecular flexibility index (Phi) is 6.59. The van der Waals surface area contributed by atoms with Crippen molar-refractivity contribution in [3.63, 3.8) is 0 Å². The van der Waals surface area contributed by atoms with Gasteiger partial charge < -0.3 is 4.90 Å². The van der Waals surface area contributed by atoms with Crippen molar-refractivity contribution < 1.29 is 26.3 Å². The van der Waals surface area contributed by atoms with Gasteiger partial charge in [-0.15, -0.1) is 10.2 Å². The molecule has 1 unspecified atom stereocenters. The zero-order chi connectivity index (χ0) is 26.5. The monoisotopic (exact) mass is 544 g/mol. The van der Waals surface area contributed by atoms with Crippen LogP contribution in [0.4, 0.5) is 32.2 Å². The Labute approximate surface area is 213 Å². The zero-order valence-electron chi connectivity index (χ0n) is 19.7. The predicted octanol–water partition coefficient (Wildman–Crippen LogP) is 5.98. The van der Waals surface area contributed by atoms with Crippen molar-refractivity contribution in [2.24, 2.45) is 0 Å². The average molecular weight is 545 g/mol. The van der Waals surface area contributed by atoms with E-state index in [4.69, 9.17) is 11.6 Å². The minimum atomic E-state index is -4.53. The fraction of sp³-hybridized carbons (Fsp3) is 0.458. The van der Waals surface area contributed by atoms with E-state index in [2.05, 4.69) is 15.2 Å². The Morgan fingerprint density at radius 2 is 1.70 bits per heavy atom. The summed E-state index contributed by atoms with van der Waals surface area (Å²) in [6.07, 6.45) is -7.80. The molecule has 2 aromatic heterocycles. The van der Waals surface area contributed by atoms with Crippen LogP contribution in [0.25, 0.3) is 5.69 Å². The molecule has 0 N–H and O–H groups in total. The Bertz CT molecular complexity index is 1280. The second-order valence-electron chi connectivity index (χ2n) is 9.35. The van der Waals surface area contributed by atoms with Crippen LogP contribution in [0.1, 0.15) is 48.6 Å². The SMILES string of the molecule is CC(N1Cc2cc(Cl)ccc2-n2c(nnc2C2CCN(c3cccc(C(F)(F)F)n3)CC2)C1)C(F)(F)F. The van der Waals surface area contributed by atoms with Crippen molar-refractivity contribution in [1.82, 2.24) is 24.6 Å². The molecule has 1 atom stereocenters. The first-order chi connectivity index (χ1) is 17.4. The standard InChI is InChI=1S/C24H23ClF6N6/c1-14(23(26,27)28)36-12-16-11-17(25)5-6-18(16)37-21(13-36)33-34-22(37)15-7-9-35(10-8-15)20-4-2-3-19(32-20)24(29,30)31/h2-6,11,14-15H,7-10,12-13H2,1H3. The smallest absolute Gasteiger partial charge is 0.357 e. The normalized spacial score (nSPS) is 18.3. The van der Waals surface area contributed by atoms with Gasteiger partial charge in [0.15, 0.2) is 5.82 Å². The molecule has 1 saturated heterocycles. The Balaban J connectivity index is 1.42. The van der Waals surface area contributed by atoms with E-state index in [1.807, 2.05) is 4.57 Å². The van der Waals surface area contributed by atoms with Gasteiger partial charge in [0.25, 0.3) is 0 Å². The Morgan fingerprint density at radius 3 is 2.38 bits per heavy atom. The maximum atomic E-state index is 13.6. The summed E-state index contributed by atoms with van der Waals surface area (Å²) in [5.74, 6) is 1.19. The zero-order valence-corrected chi connectivity index (χ0v) is 20.4. The molecule has 2 aliphatic heterocycles. The molecule has 198 valence electrons. The van der Waals surface area contributed by atoms with E-state index in [0.717, 1.165) is 13.0 Å². The molecule has 0 bridgehead atoms. The van der Waals surface area contributed by atoms with Gasteiger partial charge in [0, 0.05) is 30.6 Å². The maximum absolute atomic E-state index is 13.6. The molecule has 0 spiro atoms. The van der Waals surface area contributed by atoms with Crippen LogP contribution < -0.4 is 4.90 Å². The summed E-state index contributed by atoms with van der Waals surface area (Å²) in [5, 5.41) is 9.05. The number of benzene rings is 1. The summed E-state index contributed by atoms with van der Waals surface area (Å²) >= 11 is 6.19. The van der Waals surface area contributed by atoms with Crippen LogP contribution in [0.5, 0.6) is 0 Å². The first-order valence-electron chi connectivity index (χ1n) is 11.7. The third-order valence-corrected chi connectivity index (χ3v) is 7.22. The number of anilines is 1. The molecule has 5 rings (SSSR count). The molecule has 0 radical (unpaired) electrons. The molecule has 1 aromatic carbocycles. The molecule has 37 heavy (non-hydrogen) atoms. The van der Waals surface area contributed by atoms with E-state index in [9.17, 15) is 26.3 Å². The average Bonchev–Trinajstić information content (AvgIpc) is 3.18. The summed E-state index contributed by atoms with van der Waals surface area (Å²) in [4.78, 5) is 6.88. The molecule has 0 aliphatic carbocycles. The molecule has 13 heteroatoms. The molecule has 6 nitrogen and oxygen atoms in total. The quantitative estimate of drug-likeness (QED) is 0.379. The van der Waals surface area contributed by atoms with Gasteiger partial charge in [0.2, 0.25) is 0 Å². The van der Waals surface area contributed by atoms with Gasteiger partial charge in [-0.3, -0.25) is 9.47 Å². The number of nitrogens with zero attached hydrogens (tertiary/aromatic N) is 6. The van der Waals surface area contributed by atoms with Crippen LogP contribution in [0.3, 0.4) is 0 Å². The van der Waals surface area contributed by atoms with Crippen LogP contribution in [-0.2, 0) is 19.3 Å². The Morgan fingerprint density at radius 1 is 0.973 bits per heavy atom. The van der Waals surface area contributed by atoms with Crippen molar-refractivity contribution in [2.45, 2.75) is 57.2 Å². The summed E-state index contributed by atoms with van der Waals surface area (Å²) in [7, 11) is 0. The number of hydrogen-bond acceptors (Lipinski definition) is 5. The highest BCUT2D eigenvalue weighted by Gasteiger charge is 2.42. The molecule has 0 saturated carbocycles. The van der Waals surface area contributed by atoms with Gasteiger partial charge >= 0.3 is 12.4 Å². The molecular weight excluding hydrogens is 522 g/mol. The molecule has 1 fully saturated rings. The molecular formula is C24H23ClF6N6. The summed E-state index contributed by atoms with van der Waals surface area (Å²) < 4.78 is 81.8. The first kappa shape index (κ1) is 25.8.